The minimum Gasteiger partial charge on any atom is -0.434 e. The number of carbonyl (C=O) groups excluding carboxylic acids is 1. The Morgan fingerprint density at radius 2 is 2.14 bits per heavy atom. The number of halogens is 3. The zero-order valence-corrected chi connectivity index (χ0v) is 11.8. The van der Waals surface area contributed by atoms with E-state index < -0.39 is 18.5 Å². The lowest BCUT2D eigenvalue weighted by molar-refractivity contribution is -0.0506. The largest absolute Gasteiger partial charge is 0.434 e. The Labute approximate surface area is 121 Å². The van der Waals surface area contributed by atoms with Gasteiger partial charge in [0.2, 0.25) is 0 Å². The van der Waals surface area contributed by atoms with Crippen LogP contribution in [0, 0.1) is 5.82 Å². The normalized spacial score (nSPS) is 10.4. The van der Waals surface area contributed by atoms with E-state index in [9.17, 15) is 18.0 Å². The second-order valence-corrected chi connectivity index (χ2v) is 4.57. The Balaban J connectivity index is 2.74. The topological polar surface area (TPSA) is 41.6 Å². The zero-order chi connectivity index (χ0) is 16.0. The van der Waals surface area contributed by atoms with Crippen LogP contribution in [0.4, 0.5) is 18.0 Å². The molecule has 1 rings (SSSR count). The van der Waals surface area contributed by atoms with Gasteiger partial charge in [-0.1, -0.05) is 18.2 Å². The van der Waals surface area contributed by atoms with Gasteiger partial charge >= 0.3 is 12.6 Å². The number of hydrogen-bond donors (Lipinski definition) is 1. The van der Waals surface area contributed by atoms with Gasteiger partial charge in [0.05, 0.1) is 6.54 Å². The molecule has 2 amide bonds. The van der Waals surface area contributed by atoms with Gasteiger partial charge < -0.3 is 15.0 Å². The fraction of sp³-hybridized carbons (Fsp3) is 0.357. The molecule has 0 saturated heterocycles. The van der Waals surface area contributed by atoms with Gasteiger partial charge in [0.15, 0.2) is 0 Å². The van der Waals surface area contributed by atoms with Crippen molar-refractivity contribution in [3.05, 3.63) is 41.7 Å². The summed E-state index contributed by atoms with van der Waals surface area (Å²) in [4.78, 5) is 13.1. The van der Waals surface area contributed by atoms with Crippen molar-refractivity contribution in [2.45, 2.75) is 20.1 Å². The van der Waals surface area contributed by atoms with Gasteiger partial charge in [0.25, 0.3) is 0 Å². The predicted molar refractivity (Wildman–Crippen MR) is 72.7 cm³/mol. The van der Waals surface area contributed by atoms with Gasteiger partial charge in [0, 0.05) is 19.2 Å². The summed E-state index contributed by atoms with van der Waals surface area (Å²) in [5.74, 6) is -1.02. The first kappa shape index (κ1) is 16.9. The first-order valence-corrected chi connectivity index (χ1v) is 6.16. The molecule has 0 spiro atoms. The van der Waals surface area contributed by atoms with Crippen molar-refractivity contribution in [3.8, 4) is 5.75 Å². The number of hydrogen-bond acceptors (Lipinski definition) is 2. The predicted octanol–water partition coefficient (Wildman–Crippen LogP) is 3.14. The third-order valence-corrected chi connectivity index (χ3v) is 2.56. The van der Waals surface area contributed by atoms with Crippen molar-refractivity contribution in [2.75, 3.05) is 13.6 Å². The molecule has 1 aromatic rings. The van der Waals surface area contributed by atoms with E-state index in [0.717, 1.165) is 11.6 Å². The average Bonchev–Trinajstić information content (AvgIpc) is 2.36. The molecular formula is C14H17F3N2O2. The van der Waals surface area contributed by atoms with Gasteiger partial charge in [-0.15, -0.1) is 0 Å². The van der Waals surface area contributed by atoms with Crippen LogP contribution in [0.1, 0.15) is 12.5 Å². The highest BCUT2D eigenvalue weighted by molar-refractivity contribution is 5.74. The Morgan fingerprint density at radius 1 is 1.48 bits per heavy atom. The minimum absolute atomic E-state index is 0.130. The summed E-state index contributed by atoms with van der Waals surface area (Å²) in [7, 11) is 1.54. The molecule has 7 heteroatoms. The van der Waals surface area contributed by atoms with Crippen LogP contribution < -0.4 is 10.1 Å². The third-order valence-electron chi connectivity index (χ3n) is 2.56. The molecule has 0 unspecified atom stereocenters. The molecule has 1 N–H and O–H groups in total. The van der Waals surface area contributed by atoms with Crippen LogP contribution in [0.5, 0.6) is 5.75 Å². The summed E-state index contributed by atoms with van der Waals surface area (Å²) in [5.41, 5.74) is 0.648. The molecule has 0 atom stereocenters. The van der Waals surface area contributed by atoms with Crippen molar-refractivity contribution in [1.29, 1.82) is 0 Å². The number of urea groups is 1. The first-order valence-electron chi connectivity index (χ1n) is 6.16. The maximum Gasteiger partial charge on any atom is 0.387 e. The van der Waals surface area contributed by atoms with E-state index in [-0.39, 0.29) is 17.9 Å². The molecular weight excluding hydrogens is 285 g/mol. The van der Waals surface area contributed by atoms with E-state index in [1.54, 1.807) is 14.0 Å². The molecule has 0 saturated carbocycles. The Kier molecular flexibility index (Phi) is 6.08. The SMILES string of the molecule is C=C(C)CN(C)C(=O)NCc1c(F)cccc1OC(F)F. The molecule has 21 heavy (non-hydrogen) atoms. The summed E-state index contributed by atoms with van der Waals surface area (Å²) < 4.78 is 42.4. The highest BCUT2D eigenvalue weighted by atomic mass is 19.3. The van der Waals surface area contributed by atoms with E-state index >= 15 is 0 Å². The molecule has 0 heterocycles. The zero-order valence-electron chi connectivity index (χ0n) is 11.8. The number of nitrogens with zero attached hydrogens (tertiary/aromatic N) is 1. The number of amides is 2. The maximum absolute atomic E-state index is 13.7. The second kappa shape index (κ2) is 7.56. The van der Waals surface area contributed by atoms with Crippen molar-refractivity contribution in [1.82, 2.24) is 10.2 Å². The van der Waals surface area contributed by atoms with Crippen molar-refractivity contribution < 1.29 is 22.7 Å². The quantitative estimate of drug-likeness (QED) is 0.820. The molecule has 0 aliphatic heterocycles. The molecule has 1 aromatic carbocycles. The summed E-state index contributed by atoms with van der Waals surface area (Å²) in [6, 6.07) is 3.11. The van der Waals surface area contributed by atoms with Crippen LogP contribution in [-0.4, -0.2) is 31.1 Å². The van der Waals surface area contributed by atoms with E-state index in [4.69, 9.17) is 0 Å². The van der Waals surface area contributed by atoms with Gasteiger partial charge in [-0.25, -0.2) is 9.18 Å². The van der Waals surface area contributed by atoms with Gasteiger partial charge in [-0.2, -0.15) is 8.78 Å². The number of nitrogens with one attached hydrogen (secondary N) is 1. The van der Waals surface area contributed by atoms with Crippen molar-refractivity contribution in [3.63, 3.8) is 0 Å². The summed E-state index contributed by atoms with van der Waals surface area (Å²) in [6.07, 6.45) is 0. The lowest BCUT2D eigenvalue weighted by atomic mass is 10.2. The van der Waals surface area contributed by atoms with E-state index in [1.807, 2.05) is 0 Å². The van der Waals surface area contributed by atoms with Crippen molar-refractivity contribution in [2.24, 2.45) is 0 Å². The molecule has 0 aromatic heterocycles. The summed E-state index contributed by atoms with van der Waals surface area (Å²) in [5, 5.41) is 2.44. The van der Waals surface area contributed by atoms with E-state index in [1.165, 1.54) is 17.0 Å². The van der Waals surface area contributed by atoms with Gasteiger partial charge in [-0.05, 0) is 19.1 Å². The molecule has 0 radical (unpaired) electrons. The number of carbonyl (C=O) groups is 1. The highest BCUT2D eigenvalue weighted by Crippen LogP contribution is 2.23. The number of rotatable bonds is 6. The number of likely N-dealkylation sites (N-methyl/N-ethyl adjacent to an activating group) is 1. The average molecular weight is 302 g/mol. The second-order valence-electron chi connectivity index (χ2n) is 4.57. The fourth-order valence-corrected chi connectivity index (χ4v) is 1.69. The standard InChI is InChI=1S/C14H17F3N2O2/c1-9(2)8-19(3)14(20)18-7-10-11(15)5-4-6-12(10)21-13(16)17/h4-6,13H,1,7-8H2,2-3H3,(H,18,20). The summed E-state index contributed by atoms with van der Waals surface area (Å²) >= 11 is 0. The third kappa shape index (κ3) is 5.37. The lowest BCUT2D eigenvalue weighted by Crippen LogP contribution is -2.37. The molecule has 116 valence electrons. The first-order chi connectivity index (χ1) is 9.81. The van der Waals surface area contributed by atoms with Gasteiger partial charge in [-0.3, -0.25) is 0 Å². The Bertz CT molecular complexity index is 521. The van der Waals surface area contributed by atoms with Crippen LogP contribution >= 0.6 is 0 Å². The number of alkyl halides is 2. The minimum atomic E-state index is -3.06. The fourth-order valence-electron chi connectivity index (χ4n) is 1.69. The monoisotopic (exact) mass is 302 g/mol. The van der Waals surface area contributed by atoms with Crippen LogP contribution in [0.15, 0.2) is 30.4 Å². The maximum atomic E-state index is 13.7. The highest BCUT2D eigenvalue weighted by Gasteiger charge is 2.15. The molecule has 4 nitrogen and oxygen atoms in total. The van der Waals surface area contributed by atoms with Crippen molar-refractivity contribution >= 4 is 6.03 Å². The van der Waals surface area contributed by atoms with Gasteiger partial charge in [0.1, 0.15) is 11.6 Å². The lowest BCUT2D eigenvalue weighted by Gasteiger charge is -2.19. The Morgan fingerprint density at radius 3 is 2.71 bits per heavy atom. The van der Waals surface area contributed by atoms with Crippen LogP contribution in [-0.2, 0) is 6.54 Å². The Hall–Kier alpha value is -2.18. The number of benzene rings is 1. The van der Waals surface area contributed by atoms with Crippen LogP contribution in [0.2, 0.25) is 0 Å². The van der Waals surface area contributed by atoms with E-state index in [0.29, 0.717) is 6.54 Å². The number of ether oxygens (including phenoxy) is 1. The molecule has 0 bridgehead atoms. The molecule has 0 fully saturated rings. The van der Waals surface area contributed by atoms with Crippen LogP contribution in [0.3, 0.4) is 0 Å². The van der Waals surface area contributed by atoms with Crippen LogP contribution in [0.25, 0.3) is 0 Å². The van der Waals surface area contributed by atoms with E-state index in [2.05, 4.69) is 16.6 Å². The smallest absolute Gasteiger partial charge is 0.387 e. The molecule has 0 aliphatic rings. The summed E-state index contributed by atoms with van der Waals surface area (Å²) in [6.45, 7) is 2.45. The molecule has 0 aliphatic carbocycles.